The summed E-state index contributed by atoms with van der Waals surface area (Å²) in [6.45, 7) is 1.99. The van der Waals surface area contributed by atoms with Gasteiger partial charge in [0.15, 0.2) is 5.79 Å². The van der Waals surface area contributed by atoms with Crippen LogP contribution >= 0.6 is 0 Å². The molecule has 0 radical (unpaired) electrons. The van der Waals surface area contributed by atoms with Gasteiger partial charge in [0.2, 0.25) is 0 Å². The first kappa shape index (κ1) is 9.05. The summed E-state index contributed by atoms with van der Waals surface area (Å²) in [6, 6.07) is 0. The summed E-state index contributed by atoms with van der Waals surface area (Å²) in [5.41, 5.74) is 0. The number of hydrogen-bond acceptors (Lipinski definition) is 2. The average Bonchev–Trinajstić information content (AvgIpc) is 2.44. The van der Waals surface area contributed by atoms with Gasteiger partial charge >= 0.3 is 0 Å². The molecular formula is C11H16O2. The second-order valence-corrected chi connectivity index (χ2v) is 4.00. The molecule has 1 saturated heterocycles. The summed E-state index contributed by atoms with van der Waals surface area (Å²) in [5.74, 6) is 2.31. The molecule has 2 fully saturated rings. The van der Waals surface area contributed by atoms with E-state index < -0.39 is 0 Å². The highest BCUT2D eigenvalue weighted by atomic mass is 16.8. The maximum atomic E-state index is 5.83. The quantitative estimate of drug-likeness (QED) is 0.531. The minimum absolute atomic E-state index is 0.0584. The molecule has 0 aromatic rings. The van der Waals surface area contributed by atoms with Crippen molar-refractivity contribution in [3.8, 4) is 12.3 Å². The van der Waals surface area contributed by atoms with Crippen molar-refractivity contribution in [1.82, 2.24) is 0 Å². The Morgan fingerprint density at radius 2 is 1.92 bits per heavy atom. The average molecular weight is 180 g/mol. The Morgan fingerprint density at radius 3 is 2.46 bits per heavy atom. The first-order valence-corrected chi connectivity index (χ1v) is 5.07. The molecule has 72 valence electrons. The summed E-state index contributed by atoms with van der Waals surface area (Å²) >= 11 is 0. The molecule has 1 aliphatic heterocycles. The lowest BCUT2D eigenvalue weighted by Crippen LogP contribution is -2.33. The Balaban J connectivity index is 2.06. The Bertz CT molecular complexity index is 223. The molecule has 1 saturated carbocycles. The van der Waals surface area contributed by atoms with Gasteiger partial charge in [-0.3, -0.25) is 0 Å². The summed E-state index contributed by atoms with van der Waals surface area (Å²) in [5, 5.41) is 0. The van der Waals surface area contributed by atoms with Crippen LogP contribution in [-0.4, -0.2) is 18.0 Å². The van der Waals surface area contributed by atoms with Gasteiger partial charge in [0.05, 0.1) is 6.10 Å². The van der Waals surface area contributed by atoms with Crippen LogP contribution in [0.25, 0.3) is 0 Å². The van der Waals surface area contributed by atoms with Gasteiger partial charge in [-0.05, 0) is 19.8 Å². The van der Waals surface area contributed by atoms with Gasteiger partial charge in [-0.2, -0.15) is 0 Å². The molecule has 2 atom stereocenters. The van der Waals surface area contributed by atoms with Gasteiger partial charge in [-0.1, -0.05) is 12.3 Å². The Morgan fingerprint density at radius 1 is 1.23 bits per heavy atom. The maximum Gasteiger partial charge on any atom is 0.170 e. The van der Waals surface area contributed by atoms with E-state index in [1.165, 1.54) is 19.3 Å². The van der Waals surface area contributed by atoms with Gasteiger partial charge in [-0.25, -0.2) is 0 Å². The van der Waals surface area contributed by atoms with Crippen molar-refractivity contribution in [2.24, 2.45) is 0 Å². The van der Waals surface area contributed by atoms with Crippen LogP contribution < -0.4 is 0 Å². The van der Waals surface area contributed by atoms with Crippen LogP contribution in [0.5, 0.6) is 0 Å². The van der Waals surface area contributed by atoms with Crippen LogP contribution in [0.4, 0.5) is 0 Å². The number of terminal acetylenes is 1. The Kier molecular flexibility index (Phi) is 2.31. The van der Waals surface area contributed by atoms with E-state index >= 15 is 0 Å². The molecule has 0 aromatic heterocycles. The lowest BCUT2D eigenvalue weighted by Gasteiger charge is -2.31. The van der Waals surface area contributed by atoms with E-state index in [2.05, 4.69) is 5.92 Å². The van der Waals surface area contributed by atoms with Gasteiger partial charge in [0, 0.05) is 12.8 Å². The second kappa shape index (κ2) is 3.32. The van der Waals surface area contributed by atoms with Crippen molar-refractivity contribution in [2.45, 2.75) is 57.0 Å². The lowest BCUT2D eigenvalue weighted by molar-refractivity contribution is -0.189. The molecule has 13 heavy (non-hydrogen) atoms. The highest BCUT2D eigenvalue weighted by Gasteiger charge is 2.45. The highest BCUT2D eigenvalue weighted by molar-refractivity contribution is 5.03. The lowest BCUT2D eigenvalue weighted by atomic mass is 9.94. The smallest absolute Gasteiger partial charge is 0.170 e. The molecule has 0 N–H and O–H groups in total. The van der Waals surface area contributed by atoms with E-state index in [-0.39, 0.29) is 18.0 Å². The molecule has 0 bridgehead atoms. The Hall–Kier alpha value is -0.520. The van der Waals surface area contributed by atoms with Gasteiger partial charge in [-0.15, -0.1) is 6.42 Å². The summed E-state index contributed by atoms with van der Waals surface area (Å²) in [4.78, 5) is 0. The highest BCUT2D eigenvalue weighted by Crippen LogP contribution is 2.39. The molecular weight excluding hydrogens is 164 g/mol. The third-order valence-corrected chi connectivity index (χ3v) is 2.95. The zero-order valence-electron chi connectivity index (χ0n) is 8.08. The van der Waals surface area contributed by atoms with Crippen molar-refractivity contribution in [3.05, 3.63) is 0 Å². The molecule has 2 rings (SSSR count). The largest absolute Gasteiger partial charge is 0.343 e. The predicted octanol–water partition coefficient (Wildman–Crippen LogP) is 2.08. The van der Waals surface area contributed by atoms with Crippen LogP contribution in [0.15, 0.2) is 0 Å². The Labute approximate surface area is 79.6 Å². The summed E-state index contributed by atoms with van der Waals surface area (Å²) < 4.78 is 11.6. The van der Waals surface area contributed by atoms with E-state index in [9.17, 15) is 0 Å². The zero-order chi connectivity index (χ0) is 9.31. The van der Waals surface area contributed by atoms with Crippen LogP contribution in [0.2, 0.25) is 0 Å². The van der Waals surface area contributed by atoms with Crippen molar-refractivity contribution in [3.63, 3.8) is 0 Å². The fourth-order valence-corrected chi connectivity index (χ4v) is 2.25. The van der Waals surface area contributed by atoms with E-state index in [1.54, 1.807) is 0 Å². The molecule has 0 aromatic carbocycles. The monoisotopic (exact) mass is 180 g/mol. The fourth-order valence-electron chi connectivity index (χ4n) is 2.25. The standard InChI is InChI=1S/C11H16O2/c1-3-10-9(2)12-11(13-10)7-5-4-6-8-11/h1,9-10H,4-8H2,2H3/t9-,10+/m0/s1. The van der Waals surface area contributed by atoms with Crippen LogP contribution in [0.1, 0.15) is 39.0 Å². The van der Waals surface area contributed by atoms with Gasteiger partial charge < -0.3 is 9.47 Å². The van der Waals surface area contributed by atoms with E-state index in [0.717, 1.165) is 12.8 Å². The van der Waals surface area contributed by atoms with Crippen LogP contribution in [0, 0.1) is 12.3 Å². The maximum absolute atomic E-state index is 5.83. The number of ether oxygens (including phenoxy) is 2. The van der Waals surface area contributed by atoms with E-state index in [0.29, 0.717) is 0 Å². The summed E-state index contributed by atoms with van der Waals surface area (Å²) in [6.07, 6.45) is 11.0. The first-order chi connectivity index (χ1) is 6.26. The molecule has 1 aliphatic carbocycles. The molecule has 0 unspecified atom stereocenters. The third-order valence-electron chi connectivity index (χ3n) is 2.95. The number of hydrogen-bond donors (Lipinski definition) is 0. The molecule has 1 heterocycles. The van der Waals surface area contributed by atoms with E-state index in [4.69, 9.17) is 15.9 Å². The number of rotatable bonds is 0. The van der Waals surface area contributed by atoms with Gasteiger partial charge in [0.1, 0.15) is 6.10 Å². The molecule has 2 aliphatic rings. The van der Waals surface area contributed by atoms with Crippen LogP contribution in [0.3, 0.4) is 0 Å². The summed E-state index contributed by atoms with van der Waals surface area (Å²) in [7, 11) is 0. The van der Waals surface area contributed by atoms with Crippen molar-refractivity contribution < 1.29 is 9.47 Å². The van der Waals surface area contributed by atoms with E-state index in [1.807, 2.05) is 6.92 Å². The van der Waals surface area contributed by atoms with Crippen molar-refractivity contribution in [2.75, 3.05) is 0 Å². The molecule has 1 spiro atoms. The molecule has 0 amide bonds. The molecule has 2 heteroatoms. The van der Waals surface area contributed by atoms with Gasteiger partial charge in [0.25, 0.3) is 0 Å². The van der Waals surface area contributed by atoms with Crippen molar-refractivity contribution >= 4 is 0 Å². The third kappa shape index (κ3) is 1.59. The fraction of sp³-hybridized carbons (Fsp3) is 0.818. The zero-order valence-corrected chi connectivity index (χ0v) is 8.08. The second-order valence-electron chi connectivity index (χ2n) is 4.00. The minimum Gasteiger partial charge on any atom is -0.343 e. The molecule has 2 nitrogen and oxygen atoms in total. The minimum atomic E-state index is -0.325. The SMILES string of the molecule is C#C[C@H]1OC2(CCCCC2)O[C@H]1C. The van der Waals surface area contributed by atoms with Crippen LogP contribution in [-0.2, 0) is 9.47 Å². The predicted molar refractivity (Wildman–Crippen MR) is 50.1 cm³/mol. The first-order valence-electron chi connectivity index (χ1n) is 5.07. The van der Waals surface area contributed by atoms with Crippen molar-refractivity contribution in [1.29, 1.82) is 0 Å². The normalized spacial score (nSPS) is 37.5. The topological polar surface area (TPSA) is 18.5 Å².